The van der Waals surface area contributed by atoms with Gasteiger partial charge in [-0.3, -0.25) is 0 Å². The summed E-state index contributed by atoms with van der Waals surface area (Å²) in [4.78, 5) is 0. The second-order valence-corrected chi connectivity index (χ2v) is 7.21. The first-order valence-corrected chi connectivity index (χ1v) is 9.39. The van der Waals surface area contributed by atoms with E-state index in [1.54, 1.807) is 6.07 Å². The minimum absolute atomic E-state index is 0.0713. The normalized spacial score (nSPS) is 23.4. The molecule has 134 valence electrons. The van der Waals surface area contributed by atoms with Gasteiger partial charge in [-0.2, -0.15) is 0 Å². The molecule has 0 spiro atoms. The molecule has 2 N–H and O–H groups in total. The summed E-state index contributed by atoms with van der Waals surface area (Å²) in [5, 5.41) is 14.9. The highest BCUT2D eigenvalue weighted by atomic mass is 35.5. The monoisotopic (exact) mass is 359 g/mol. The van der Waals surface area contributed by atoms with Gasteiger partial charge in [-0.25, -0.2) is 0 Å². The summed E-state index contributed by atoms with van der Waals surface area (Å²) < 4.78 is 5.99. The van der Waals surface area contributed by atoms with Crippen LogP contribution >= 0.6 is 11.6 Å². The van der Waals surface area contributed by atoms with Gasteiger partial charge in [-0.1, -0.05) is 41.9 Å². The fourth-order valence-corrected chi connectivity index (χ4v) is 3.67. The molecule has 3 nitrogen and oxygen atoms in total. The van der Waals surface area contributed by atoms with Crippen LogP contribution in [0.4, 0.5) is 0 Å². The molecule has 0 aliphatic heterocycles. The Morgan fingerprint density at radius 3 is 2.80 bits per heavy atom. The van der Waals surface area contributed by atoms with E-state index >= 15 is 0 Å². The third kappa shape index (κ3) is 4.97. The molecule has 3 rings (SSSR count). The van der Waals surface area contributed by atoms with Crippen molar-refractivity contribution in [3.63, 3.8) is 0 Å². The molecule has 2 aromatic carbocycles. The first-order valence-electron chi connectivity index (χ1n) is 9.01. The topological polar surface area (TPSA) is 41.5 Å². The Bertz CT molecular complexity index is 691. The first kappa shape index (κ1) is 18.2. The van der Waals surface area contributed by atoms with Crippen LogP contribution in [0.2, 0.25) is 5.02 Å². The van der Waals surface area contributed by atoms with Crippen molar-refractivity contribution >= 4 is 11.6 Å². The molecule has 4 heteroatoms. The first-order chi connectivity index (χ1) is 12.1. The maximum atomic E-state index is 10.7. The van der Waals surface area contributed by atoms with Gasteiger partial charge in [0, 0.05) is 11.1 Å². The molecule has 0 bridgehead atoms. The molecule has 3 atom stereocenters. The number of hydrogen-bond donors (Lipinski definition) is 2. The van der Waals surface area contributed by atoms with Crippen LogP contribution in [0, 0.1) is 6.92 Å². The number of nitrogens with one attached hydrogen (secondary N) is 1. The molecule has 0 aromatic heterocycles. The maximum absolute atomic E-state index is 10.7. The van der Waals surface area contributed by atoms with Gasteiger partial charge in [0.2, 0.25) is 0 Å². The SMILES string of the molecule is Cc1ccccc1CCN[C@H]1CCC[C@@H](Oc2cccc(Cl)c2)[C@@H]1O. The lowest BCUT2D eigenvalue weighted by Crippen LogP contribution is -2.51. The molecule has 0 amide bonds. The van der Waals surface area contributed by atoms with Crippen molar-refractivity contribution in [2.24, 2.45) is 0 Å². The van der Waals surface area contributed by atoms with E-state index in [9.17, 15) is 5.11 Å². The molecule has 2 aromatic rings. The molecular formula is C21H26ClNO2. The average Bonchev–Trinajstić information content (AvgIpc) is 2.60. The second-order valence-electron chi connectivity index (χ2n) is 6.77. The lowest BCUT2D eigenvalue weighted by molar-refractivity contribution is -0.0151. The molecule has 1 aliphatic carbocycles. The summed E-state index contributed by atoms with van der Waals surface area (Å²) in [6.45, 7) is 3.00. The summed E-state index contributed by atoms with van der Waals surface area (Å²) in [5.41, 5.74) is 2.67. The van der Waals surface area contributed by atoms with Crippen LogP contribution in [0.5, 0.6) is 5.75 Å². The van der Waals surface area contributed by atoms with Crippen LogP contribution < -0.4 is 10.1 Å². The summed E-state index contributed by atoms with van der Waals surface area (Å²) in [7, 11) is 0. The van der Waals surface area contributed by atoms with Crippen LogP contribution in [0.25, 0.3) is 0 Å². The van der Waals surface area contributed by atoms with E-state index in [1.165, 1.54) is 11.1 Å². The van der Waals surface area contributed by atoms with Crippen LogP contribution in [0.1, 0.15) is 30.4 Å². The summed E-state index contributed by atoms with van der Waals surface area (Å²) in [5.74, 6) is 0.720. The van der Waals surface area contributed by atoms with Crippen molar-refractivity contribution < 1.29 is 9.84 Å². The Kier molecular flexibility index (Phi) is 6.35. The zero-order valence-corrected chi connectivity index (χ0v) is 15.4. The van der Waals surface area contributed by atoms with Gasteiger partial charge in [0.15, 0.2) is 0 Å². The molecule has 25 heavy (non-hydrogen) atoms. The van der Waals surface area contributed by atoms with Gasteiger partial charge in [0.25, 0.3) is 0 Å². The second kappa shape index (κ2) is 8.70. The molecule has 1 fully saturated rings. The summed E-state index contributed by atoms with van der Waals surface area (Å²) in [6, 6.07) is 15.9. The third-order valence-corrected chi connectivity index (χ3v) is 5.18. The fourth-order valence-electron chi connectivity index (χ4n) is 3.49. The van der Waals surface area contributed by atoms with Gasteiger partial charge in [0.05, 0.1) is 0 Å². The lowest BCUT2D eigenvalue weighted by Gasteiger charge is -2.35. The van der Waals surface area contributed by atoms with Crippen molar-refractivity contribution in [1.29, 1.82) is 0 Å². The van der Waals surface area contributed by atoms with Crippen molar-refractivity contribution in [3.05, 3.63) is 64.7 Å². The zero-order chi connectivity index (χ0) is 17.6. The minimum atomic E-state index is -0.510. The van der Waals surface area contributed by atoms with Crippen molar-refractivity contribution in [2.45, 2.75) is 50.9 Å². The minimum Gasteiger partial charge on any atom is -0.488 e. The lowest BCUT2D eigenvalue weighted by atomic mass is 9.89. The van der Waals surface area contributed by atoms with Gasteiger partial charge >= 0.3 is 0 Å². The third-order valence-electron chi connectivity index (χ3n) is 4.94. The number of hydrogen-bond acceptors (Lipinski definition) is 3. The highest BCUT2D eigenvalue weighted by Crippen LogP contribution is 2.26. The van der Waals surface area contributed by atoms with Crippen molar-refractivity contribution in [1.82, 2.24) is 5.32 Å². The fraction of sp³-hybridized carbons (Fsp3) is 0.429. The van der Waals surface area contributed by atoms with E-state index in [0.29, 0.717) is 5.02 Å². The van der Waals surface area contributed by atoms with E-state index in [-0.39, 0.29) is 12.1 Å². The molecule has 0 radical (unpaired) electrons. The number of rotatable bonds is 6. The van der Waals surface area contributed by atoms with Gasteiger partial charge < -0.3 is 15.2 Å². The van der Waals surface area contributed by atoms with Crippen molar-refractivity contribution in [2.75, 3.05) is 6.54 Å². The Balaban J connectivity index is 1.53. The number of aryl methyl sites for hydroxylation is 1. The summed E-state index contributed by atoms with van der Waals surface area (Å²) >= 11 is 6.01. The Hall–Kier alpha value is -1.55. The quantitative estimate of drug-likeness (QED) is 0.814. The number of benzene rings is 2. The van der Waals surface area contributed by atoms with Crippen molar-refractivity contribution in [3.8, 4) is 5.75 Å². The zero-order valence-electron chi connectivity index (χ0n) is 14.6. The molecule has 1 saturated carbocycles. The highest BCUT2D eigenvalue weighted by Gasteiger charge is 2.33. The molecule has 0 saturated heterocycles. The number of ether oxygens (including phenoxy) is 1. The smallest absolute Gasteiger partial charge is 0.126 e. The van der Waals surface area contributed by atoms with Crippen LogP contribution in [-0.2, 0) is 6.42 Å². The number of aliphatic hydroxyl groups excluding tert-OH is 1. The Labute approximate surface area is 155 Å². The van der Waals surface area contributed by atoms with Gasteiger partial charge in [-0.15, -0.1) is 0 Å². The van der Waals surface area contributed by atoms with Gasteiger partial charge in [0.1, 0.15) is 18.0 Å². The van der Waals surface area contributed by atoms with E-state index in [2.05, 4.69) is 36.5 Å². The van der Waals surface area contributed by atoms with Crippen LogP contribution in [0.15, 0.2) is 48.5 Å². The molecule has 0 heterocycles. The highest BCUT2D eigenvalue weighted by molar-refractivity contribution is 6.30. The van der Waals surface area contributed by atoms with E-state index in [4.69, 9.17) is 16.3 Å². The van der Waals surface area contributed by atoms with E-state index in [1.807, 2.05) is 18.2 Å². The number of aliphatic hydroxyl groups is 1. The standard InChI is InChI=1S/C21H26ClNO2/c1-15-6-2-3-7-16(15)12-13-23-19-10-5-11-20(21(19)24)25-18-9-4-8-17(22)14-18/h2-4,6-9,14,19-21,23-24H,5,10-13H2,1H3/t19-,20+,21+/m0/s1. The van der Waals surface area contributed by atoms with E-state index < -0.39 is 6.10 Å². The van der Waals surface area contributed by atoms with Crippen LogP contribution in [0.3, 0.4) is 0 Å². The summed E-state index contributed by atoms with van der Waals surface area (Å²) in [6.07, 6.45) is 3.15. The number of halogens is 1. The van der Waals surface area contributed by atoms with Crippen LogP contribution in [-0.4, -0.2) is 29.9 Å². The largest absolute Gasteiger partial charge is 0.488 e. The average molecular weight is 360 g/mol. The van der Waals surface area contributed by atoms with E-state index in [0.717, 1.165) is 38.0 Å². The van der Waals surface area contributed by atoms with Gasteiger partial charge in [-0.05, 0) is 68.5 Å². The molecular weight excluding hydrogens is 334 g/mol. The Morgan fingerprint density at radius 2 is 2.00 bits per heavy atom. The maximum Gasteiger partial charge on any atom is 0.126 e. The predicted octanol–water partition coefficient (Wildman–Crippen LogP) is 4.14. The molecule has 0 unspecified atom stereocenters. The molecule has 1 aliphatic rings. The Morgan fingerprint density at radius 1 is 1.16 bits per heavy atom. The predicted molar refractivity (Wildman–Crippen MR) is 102 cm³/mol.